The zero-order chi connectivity index (χ0) is 17.7. The van der Waals surface area contributed by atoms with Crippen molar-refractivity contribution >= 4 is 17.8 Å². The third-order valence-electron chi connectivity index (χ3n) is 5.33. The van der Waals surface area contributed by atoms with Gasteiger partial charge in [-0.05, 0) is 45.6 Å². The highest BCUT2D eigenvalue weighted by Gasteiger charge is 2.40. The Morgan fingerprint density at radius 3 is 2.33 bits per heavy atom. The summed E-state index contributed by atoms with van der Waals surface area (Å²) in [6, 6.07) is -1.77. The molecule has 3 unspecified atom stereocenters. The van der Waals surface area contributed by atoms with Crippen LogP contribution in [-0.4, -0.2) is 59.5 Å². The highest BCUT2D eigenvalue weighted by atomic mass is 16.4. The minimum atomic E-state index is -0.960. The lowest BCUT2D eigenvalue weighted by Gasteiger charge is -2.34. The zero-order valence-electron chi connectivity index (χ0n) is 14.6. The minimum absolute atomic E-state index is 0.0919. The first-order valence-electron chi connectivity index (χ1n) is 8.96. The van der Waals surface area contributed by atoms with Crippen LogP contribution >= 0.6 is 0 Å². The fourth-order valence-corrected chi connectivity index (χ4v) is 3.72. The Kier molecular flexibility index (Phi) is 6.60. The summed E-state index contributed by atoms with van der Waals surface area (Å²) in [5, 5.41) is 15.1. The van der Waals surface area contributed by atoms with E-state index in [4.69, 9.17) is 0 Å². The first-order valence-corrected chi connectivity index (χ1v) is 8.96. The number of hydrogen-bond acceptors (Lipinski definition) is 4. The SMILES string of the molecule is CNC(C)C(=O)NC(C(=O)N1CCCC1C(=O)O)C1CCCCC1. The van der Waals surface area contributed by atoms with Gasteiger partial charge in [0.15, 0.2) is 0 Å². The van der Waals surface area contributed by atoms with Crippen molar-refractivity contribution in [3.8, 4) is 0 Å². The molecule has 2 amide bonds. The quantitative estimate of drug-likeness (QED) is 0.663. The van der Waals surface area contributed by atoms with E-state index in [1.54, 1.807) is 14.0 Å². The molecule has 3 N–H and O–H groups in total. The lowest BCUT2D eigenvalue weighted by atomic mass is 9.83. The second kappa shape index (κ2) is 8.46. The number of likely N-dealkylation sites (N-methyl/N-ethyl adjacent to an activating group) is 1. The summed E-state index contributed by atoms with van der Waals surface area (Å²) in [4.78, 5) is 38.2. The topological polar surface area (TPSA) is 98.7 Å². The van der Waals surface area contributed by atoms with Crippen molar-refractivity contribution in [2.75, 3.05) is 13.6 Å². The molecule has 2 aliphatic rings. The number of aliphatic carboxylic acids is 1. The van der Waals surface area contributed by atoms with Crippen LogP contribution in [0.15, 0.2) is 0 Å². The van der Waals surface area contributed by atoms with Gasteiger partial charge in [-0.15, -0.1) is 0 Å². The molecular formula is C17H29N3O4. The molecule has 1 aliphatic carbocycles. The highest BCUT2D eigenvalue weighted by molar-refractivity contribution is 5.92. The summed E-state index contributed by atoms with van der Waals surface area (Å²) in [6.07, 6.45) is 6.23. The van der Waals surface area contributed by atoms with Gasteiger partial charge in [0, 0.05) is 6.54 Å². The lowest BCUT2D eigenvalue weighted by Crippen LogP contribution is -2.57. The summed E-state index contributed by atoms with van der Waals surface area (Å²) in [7, 11) is 1.70. The highest BCUT2D eigenvalue weighted by Crippen LogP contribution is 2.29. The van der Waals surface area contributed by atoms with Gasteiger partial charge in [0.05, 0.1) is 6.04 Å². The van der Waals surface area contributed by atoms with Gasteiger partial charge in [-0.25, -0.2) is 4.79 Å². The van der Waals surface area contributed by atoms with Crippen molar-refractivity contribution in [2.24, 2.45) is 5.92 Å². The van der Waals surface area contributed by atoms with Crippen LogP contribution in [0.3, 0.4) is 0 Å². The minimum Gasteiger partial charge on any atom is -0.480 e. The number of likely N-dealkylation sites (tertiary alicyclic amines) is 1. The fraction of sp³-hybridized carbons (Fsp3) is 0.824. The molecule has 7 nitrogen and oxygen atoms in total. The molecule has 0 aromatic heterocycles. The van der Waals surface area contributed by atoms with Gasteiger partial charge >= 0.3 is 5.97 Å². The lowest BCUT2D eigenvalue weighted by molar-refractivity contribution is -0.150. The number of carbonyl (C=O) groups is 3. The molecule has 0 aromatic carbocycles. The molecule has 7 heteroatoms. The van der Waals surface area contributed by atoms with Crippen LogP contribution in [0.25, 0.3) is 0 Å². The van der Waals surface area contributed by atoms with E-state index in [0.717, 1.165) is 32.1 Å². The van der Waals surface area contributed by atoms with Crippen LogP contribution in [0.4, 0.5) is 0 Å². The van der Waals surface area contributed by atoms with E-state index in [-0.39, 0.29) is 17.7 Å². The van der Waals surface area contributed by atoms with E-state index in [0.29, 0.717) is 19.4 Å². The van der Waals surface area contributed by atoms with Crippen LogP contribution in [0, 0.1) is 5.92 Å². The van der Waals surface area contributed by atoms with Gasteiger partial charge in [0.2, 0.25) is 11.8 Å². The fourth-order valence-electron chi connectivity index (χ4n) is 3.72. The molecule has 2 rings (SSSR count). The average molecular weight is 339 g/mol. The summed E-state index contributed by atoms with van der Waals surface area (Å²) < 4.78 is 0. The maximum Gasteiger partial charge on any atom is 0.326 e. The van der Waals surface area contributed by atoms with Crippen molar-refractivity contribution in [3.63, 3.8) is 0 Å². The maximum atomic E-state index is 13.0. The van der Waals surface area contributed by atoms with Crippen LogP contribution in [-0.2, 0) is 14.4 Å². The van der Waals surface area contributed by atoms with Gasteiger partial charge in [0.1, 0.15) is 12.1 Å². The molecule has 0 spiro atoms. The van der Waals surface area contributed by atoms with E-state index < -0.39 is 24.1 Å². The third-order valence-corrected chi connectivity index (χ3v) is 5.33. The number of amides is 2. The van der Waals surface area contributed by atoms with Crippen molar-refractivity contribution in [2.45, 2.75) is 70.0 Å². The molecule has 1 aliphatic heterocycles. The molecule has 136 valence electrons. The number of hydrogen-bond donors (Lipinski definition) is 3. The Bertz CT molecular complexity index is 476. The van der Waals surface area contributed by atoms with Gasteiger partial charge < -0.3 is 20.6 Å². The number of nitrogens with one attached hydrogen (secondary N) is 2. The largest absolute Gasteiger partial charge is 0.480 e. The van der Waals surface area contributed by atoms with E-state index >= 15 is 0 Å². The molecule has 0 aromatic rings. The second-order valence-electron chi connectivity index (χ2n) is 6.92. The Hall–Kier alpha value is -1.63. The summed E-state index contributed by atoms with van der Waals surface area (Å²) >= 11 is 0. The normalized spacial score (nSPS) is 24.4. The summed E-state index contributed by atoms with van der Waals surface area (Å²) in [6.45, 7) is 2.20. The molecule has 1 saturated carbocycles. The molecule has 3 atom stereocenters. The summed E-state index contributed by atoms with van der Waals surface area (Å²) in [5.41, 5.74) is 0. The van der Waals surface area contributed by atoms with Crippen molar-refractivity contribution < 1.29 is 19.5 Å². The van der Waals surface area contributed by atoms with E-state index in [1.807, 2.05) is 0 Å². The Morgan fingerprint density at radius 1 is 1.08 bits per heavy atom. The molecule has 2 fully saturated rings. The predicted octanol–water partition coefficient (Wildman–Crippen LogP) is 0.735. The van der Waals surface area contributed by atoms with Crippen molar-refractivity contribution in [3.05, 3.63) is 0 Å². The molecule has 1 saturated heterocycles. The molecule has 1 heterocycles. The zero-order valence-corrected chi connectivity index (χ0v) is 14.6. The van der Waals surface area contributed by atoms with E-state index in [2.05, 4.69) is 10.6 Å². The van der Waals surface area contributed by atoms with Crippen LogP contribution in [0.1, 0.15) is 51.9 Å². The average Bonchev–Trinajstić information content (AvgIpc) is 3.09. The Labute approximate surface area is 143 Å². The van der Waals surface area contributed by atoms with Crippen molar-refractivity contribution in [1.82, 2.24) is 15.5 Å². The third kappa shape index (κ3) is 4.26. The number of carboxylic acid groups (broad SMARTS) is 1. The van der Waals surface area contributed by atoms with Crippen LogP contribution in [0.2, 0.25) is 0 Å². The number of carboxylic acids is 1. The number of rotatable bonds is 6. The van der Waals surface area contributed by atoms with Crippen molar-refractivity contribution in [1.29, 1.82) is 0 Å². The number of nitrogens with zero attached hydrogens (tertiary/aromatic N) is 1. The molecular weight excluding hydrogens is 310 g/mol. The van der Waals surface area contributed by atoms with Gasteiger partial charge in [0.25, 0.3) is 0 Å². The number of carbonyl (C=O) groups excluding carboxylic acids is 2. The first kappa shape index (κ1) is 18.7. The van der Waals surface area contributed by atoms with Gasteiger partial charge in [-0.3, -0.25) is 9.59 Å². The van der Waals surface area contributed by atoms with E-state index in [9.17, 15) is 19.5 Å². The smallest absolute Gasteiger partial charge is 0.326 e. The van der Waals surface area contributed by atoms with Crippen LogP contribution < -0.4 is 10.6 Å². The predicted molar refractivity (Wildman–Crippen MR) is 89.4 cm³/mol. The molecule has 0 bridgehead atoms. The molecule has 24 heavy (non-hydrogen) atoms. The van der Waals surface area contributed by atoms with Gasteiger partial charge in [-0.2, -0.15) is 0 Å². The standard InChI is InChI=1S/C17H29N3O4/c1-11(18-2)15(21)19-14(12-7-4-3-5-8-12)16(22)20-10-6-9-13(20)17(23)24/h11-14,18H,3-10H2,1-2H3,(H,19,21)(H,23,24). The summed E-state index contributed by atoms with van der Waals surface area (Å²) in [5.74, 6) is -1.32. The molecule has 0 radical (unpaired) electrons. The first-order chi connectivity index (χ1) is 11.5. The van der Waals surface area contributed by atoms with Gasteiger partial charge in [-0.1, -0.05) is 19.3 Å². The second-order valence-corrected chi connectivity index (χ2v) is 6.92. The monoisotopic (exact) mass is 339 g/mol. The maximum absolute atomic E-state index is 13.0. The van der Waals surface area contributed by atoms with E-state index in [1.165, 1.54) is 4.90 Å². The Balaban J connectivity index is 2.15. The Morgan fingerprint density at radius 2 is 1.75 bits per heavy atom. The van der Waals surface area contributed by atoms with Crippen LogP contribution in [0.5, 0.6) is 0 Å².